The van der Waals surface area contributed by atoms with E-state index < -0.39 is 12.1 Å². The quantitative estimate of drug-likeness (QED) is 0.850. The van der Waals surface area contributed by atoms with Crippen molar-refractivity contribution in [2.24, 2.45) is 0 Å². The molecule has 0 heterocycles. The highest BCUT2D eigenvalue weighted by Gasteiger charge is 2.19. The van der Waals surface area contributed by atoms with Crippen LogP contribution in [-0.4, -0.2) is 24.3 Å². The molecule has 0 fully saturated rings. The van der Waals surface area contributed by atoms with Gasteiger partial charge in [0.2, 0.25) is 0 Å². The number of aryl methyl sites for hydroxylation is 3. The van der Waals surface area contributed by atoms with Gasteiger partial charge in [0.05, 0.1) is 0 Å². The van der Waals surface area contributed by atoms with Gasteiger partial charge in [-0.3, -0.25) is 0 Å². The third-order valence-electron chi connectivity index (χ3n) is 2.79. The molecule has 0 aliphatic heterocycles. The Kier molecular flexibility index (Phi) is 4.07. The zero-order chi connectivity index (χ0) is 12.3. The SMILES string of the molecule is CO[C@@H](Cc1c(C)cc(C)cc1C)C(=O)O. The summed E-state index contributed by atoms with van der Waals surface area (Å²) in [5, 5.41) is 8.95. The van der Waals surface area contributed by atoms with Crippen molar-refractivity contribution in [3.05, 3.63) is 34.4 Å². The standard InChI is InChI=1S/C13H18O3/c1-8-5-9(2)11(10(3)6-8)7-12(16-4)13(14)15/h5-6,12H,7H2,1-4H3,(H,14,15)/t12-/m0/s1. The molecule has 16 heavy (non-hydrogen) atoms. The Labute approximate surface area is 96.1 Å². The Morgan fingerprint density at radius 1 is 1.31 bits per heavy atom. The molecule has 1 aromatic carbocycles. The summed E-state index contributed by atoms with van der Waals surface area (Å²) in [6.07, 6.45) is -0.343. The number of carboxylic acid groups (broad SMARTS) is 1. The summed E-state index contributed by atoms with van der Waals surface area (Å²) in [5.41, 5.74) is 4.52. The van der Waals surface area contributed by atoms with Crippen LogP contribution in [0.25, 0.3) is 0 Å². The lowest BCUT2D eigenvalue weighted by molar-refractivity contribution is -0.148. The zero-order valence-corrected chi connectivity index (χ0v) is 10.2. The number of hydrogen-bond donors (Lipinski definition) is 1. The summed E-state index contributed by atoms with van der Waals surface area (Å²) in [6, 6.07) is 4.13. The Hall–Kier alpha value is -1.35. The van der Waals surface area contributed by atoms with Crippen molar-refractivity contribution in [1.29, 1.82) is 0 Å². The Morgan fingerprint density at radius 2 is 1.81 bits per heavy atom. The molecule has 3 nitrogen and oxygen atoms in total. The molecule has 0 aliphatic rings. The van der Waals surface area contributed by atoms with Crippen molar-refractivity contribution >= 4 is 5.97 Å². The average Bonchev–Trinajstić information content (AvgIpc) is 2.15. The number of carboxylic acids is 1. The number of carbonyl (C=O) groups is 1. The second-order valence-electron chi connectivity index (χ2n) is 4.14. The van der Waals surface area contributed by atoms with Crippen LogP contribution in [0.15, 0.2) is 12.1 Å². The number of methoxy groups -OCH3 is 1. The minimum atomic E-state index is -0.915. The number of aliphatic carboxylic acids is 1. The molecule has 0 unspecified atom stereocenters. The first-order valence-corrected chi connectivity index (χ1v) is 5.28. The van der Waals surface area contributed by atoms with Gasteiger partial charge in [-0.1, -0.05) is 17.7 Å². The van der Waals surface area contributed by atoms with Crippen molar-refractivity contribution in [3.63, 3.8) is 0 Å². The third kappa shape index (κ3) is 2.83. The third-order valence-corrected chi connectivity index (χ3v) is 2.79. The molecule has 1 atom stereocenters. The fourth-order valence-corrected chi connectivity index (χ4v) is 1.99. The summed E-state index contributed by atoms with van der Waals surface area (Å²) < 4.78 is 4.96. The van der Waals surface area contributed by atoms with Crippen LogP contribution < -0.4 is 0 Å². The molecule has 0 bridgehead atoms. The van der Waals surface area contributed by atoms with Gasteiger partial charge in [0, 0.05) is 13.5 Å². The molecule has 0 saturated heterocycles. The first-order valence-electron chi connectivity index (χ1n) is 5.28. The zero-order valence-electron chi connectivity index (χ0n) is 10.2. The molecule has 1 N–H and O–H groups in total. The molecule has 1 rings (SSSR count). The van der Waals surface area contributed by atoms with E-state index >= 15 is 0 Å². The summed E-state index contributed by atoms with van der Waals surface area (Å²) in [5.74, 6) is -0.915. The van der Waals surface area contributed by atoms with E-state index in [2.05, 4.69) is 12.1 Å². The molecule has 88 valence electrons. The fourth-order valence-electron chi connectivity index (χ4n) is 1.99. The summed E-state index contributed by atoms with van der Waals surface area (Å²) in [7, 11) is 1.43. The molecule has 1 aromatic rings. The molecule has 0 aromatic heterocycles. The van der Waals surface area contributed by atoms with Gasteiger partial charge < -0.3 is 9.84 Å². The van der Waals surface area contributed by atoms with Gasteiger partial charge in [-0.25, -0.2) is 4.79 Å². The Bertz CT molecular complexity index is 373. The van der Waals surface area contributed by atoms with Crippen LogP contribution >= 0.6 is 0 Å². The van der Waals surface area contributed by atoms with E-state index in [1.807, 2.05) is 20.8 Å². The Balaban J connectivity index is 3.01. The van der Waals surface area contributed by atoms with Crippen LogP contribution in [0, 0.1) is 20.8 Å². The lowest BCUT2D eigenvalue weighted by Crippen LogP contribution is -2.25. The van der Waals surface area contributed by atoms with Gasteiger partial charge in [0.15, 0.2) is 6.10 Å². The van der Waals surface area contributed by atoms with E-state index in [0.29, 0.717) is 6.42 Å². The summed E-state index contributed by atoms with van der Waals surface area (Å²) in [6.45, 7) is 6.04. The minimum Gasteiger partial charge on any atom is -0.479 e. The van der Waals surface area contributed by atoms with E-state index in [1.54, 1.807) is 0 Å². The fraction of sp³-hybridized carbons (Fsp3) is 0.462. The van der Waals surface area contributed by atoms with Gasteiger partial charge in [0.1, 0.15) is 0 Å². The normalized spacial score (nSPS) is 12.5. The largest absolute Gasteiger partial charge is 0.479 e. The van der Waals surface area contributed by atoms with Gasteiger partial charge >= 0.3 is 5.97 Å². The molecule has 3 heteroatoms. The molecular weight excluding hydrogens is 204 g/mol. The van der Waals surface area contributed by atoms with Crippen LogP contribution in [0.5, 0.6) is 0 Å². The van der Waals surface area contributed by atoms with Gasteiger partial charge in [0.25, 0.3) is 0 Å². The highest BCUT2D eigenvalue weighted by atomic mass is 16.5. The topological polar surface area (TPSA) is 46.5 Å². The lowest BCUT2D eigenvalue weighted by Gasteiger charge is -2.15. The van der Waals surface area contributed by atoms with E-state index in [4.69, 9.17) is 9.84 Å². The van der Waals surface area contributed by atoms with Crippen LogP contribution in [0.4, 0.5) is 0 Å². The van der Waals surface area contributed by atoms with Crippen molar-refractivity contribution in [3.8, 4) is 0 Å². The monoisotopic (exact) mass is 222 g/mol. The van der Waals surface area contributed by atoms with Crippen molar-refractivity contribution in [2.45, 2.75) is 33.3 Å². The van der Waals surface area contributed by atoms with Crippen molar-refractivity contribution < 1.29 is 14.6 Å². The van der Waals surface area contributed by atoms with Crippen molar-refractivity contribution in [1.82, 2.24) is 0 Å². The second kappa shape index (κ2) is 5.12. The highest BCUT2D eigenvalue weighted by Crippen LogP contribution is 2.18. The van der Waals surface area contributed by atoms with Crippen molar-refractivity contribution in [2.75, 3.05) is 7.11 Å². The maximum absolute atomic E-state index is 10.9. The van der Waals surface area contributed by atoms with E-state index in [1.165, 1.54) is 12.7 Å². The number of benzene rings is 1. The average molecular weight is 222 g/mol. The molecule has 0 amide bonds. The predicted octanol–water partition coefficient (Wildman–Crippen LogP) is 2.25. The van der Waals surface area contributed by atoms with Crippen LogP contribution in [0.1, 0.15) is 22.3 Å². The number of ether oxygens (including phenoxy) is 1. The number of hydrogen-bond acceptors (Lipinski definition) is 2. The van der Waals surface area contributed by atoms with Crippen LogP contribution in [-0.2, 0) is 16.0 Å². The molecular formula is C13H18O3. The smallest absolute Gasteiger partial charge is 0.333 e. The van der Waals surface area contributed by atoms with Gasteiger partial charge in [-0.15, -0.1) is 0 Å². The molecule has 0 saturated carbocycles. The lowest BCUT2D eigenvalue weighted by atomic mass is 9.95. The summed E-state index contributed by atoms with van der Waals surface area (Å²) >= 11 is 0. The molecule has 0 spiro atoms. The predicted molar refractivity (Wildman–Crippen MR) is 62.8 cm³/mol. The van der Waals surface area contributed by atoms with E-state index in [0.717, 1.165) is 16.7 Å². The Morgan fingerprint density at radius 3 is 2.19 bits per heavy atom. The maximum Gasteiger partial charge on any atom is 0.333 e. The molecule has 0 radical (unpaired) electrons. The van der Waals surface area contributed by atoms with E-state index in [9.17, 15) is 4.79 Å². The van der Waals surface area contributed by atoms with E-state index in [-0.39, 0.29) is 0 Å². The first-order chi connectivity index (χ1) is 7.45. The number of rotatable bonds is 4. The van der Waals surface area contributed by atoms with Crippen LogP contribution in [0.3, 0.4) is 0 Å². The highest BCUT2D eigenvalue weighted by molar-refractivity contribution is 5.73. The minimum absolute atomic E-state index is 0.420. The summed E-state index contributed by atoms with van der Waals surface area (Å²) in [4.78, 5) is 10.9. The molecule has 0 aliphatic carbocycles. The van der Waals surface area contributed by atoms with Gasteiger partial charge in [-0.2, -0.15) is 0 Å². The second-order valence-corrected chi connectivity index (χ2v) is 4.14. The maximum atomic E-state index is 10.9. The van der Waals surface area contributed by atoms with Crippen LogP contribution in [0.2, 0.25) is 0 Å². The first kappa shape index (κ1) is 12.7. The van der Waals surface area contributed by atoms with Gasteiger partial charge in [-0.05, 0) is 37.5 Å².